The van der Waals surface area contributed by atoms with Crippen LogP contribution in [0.1, 0.15) is 12.5 Å². The van der Waals surface area contributed by atoms with Crippen LogP contribution in [0.3, 0.4) is 0 Å². The first-order valence-electron chi connectivity index (χ1n) is 5.94. The van der Waals surface area contributed by atoms with E-state index in [4.69, 9.17) is 10.8 Å². The van der Waals surface area contributed by atoms with Crippen LogP contribution in [-0.2, 0) is 0 Å². The van der Waals surface area contributed by atoms with Gasteiger partial charge in [0.05, 0.1) is 19.5 Å². The van der Waals surface area contributed by atoms with Gasteiger partial charge in [0.1, 0.15) is 17.5 Å². The number of aromatic nitrogens is 4. The third kappa shape index (κ3) is 1.60. The summed E-state index contributed by atoms with van der Waals surface area (Å²) in [6, 6.07) is -0.290. The molecule has 0 spiro atoms. The van der Waals surface area contributed by atoms with Crippen molar-refractivity contribution in [2.75, 3.05) is 18.9 Å². The van der Waals surface area contributed by atoms with Crippen LogP contribution in [-0.4, -0.2) is 48.6 Å². The molecule has 3 rings (SSSR count). The van der Waals surface area contributed by atoms with Gasteiger partial charge in [0, 0.05) is 18.4 Å². The van der Waals surface area contributed by atoms with E-state index >= 15 is 0 Å². The third-order valence-electron chi connectivity index (χ3n) is 3.88. The lowest BCUT2D eigenvalue weighted by atomic mass is 9.67. The quantitative estimate of drug-likeness (QED) is 0.702. The second-order valence-electron chi connectivity index (χ2n) is 4.84. The zero-order chi connectivity index (χ0) is 13.6. The molecule has 1 saturated carbocycles. The monoisotopic (exact) mass is 267 g/mol. The average molecular weight is 267 g/mol. The number of anilines is 1. The summed E-state index contributed by atoms with van der Waals surface area (Å²) >= 11 is 0. The van der Waals surface area contributed by atoms with E-state index in [9.17, 15) is 9.50 Å². The van der Waals surface area contributed by atoms with Gasteiger partial charge in [-0.3, -0.25) is 0 Å². The molecule has 2 heterocycles. The van der Waals surface area contributed by atoms with E-state index in [1.54, 1.807) is 4.57 Å². The van der Waals surface area contributed by atoms with E-state index < -0.39 is 18.2 Å². The Morgan fingerprint density at radius 2 is 2.21 bits per heavy atom. The summed E-state index contributed by atoms with van der Waals surface area (Å²) in [6.07, 6.45) is 2.95. The van der Waals surface area contributed by atoms with Crippen molar-refractivity contribution in [1.29, 1.82) is 0 Å². The Labute approximate surface area is 107 Å². The fraction of sp³-hybridized carbons (Fsp3) is 0.545. The summed E-state index contributed by atoms with van der Waals surface area (Å²) < 4.78 is 15.8. The largest absolute Gasteiger partial charge is 0.396 e. The second kappa shape index (κ2) is 4.10. The molecule has 0 amide bonds. The first-order valence-corrected chi connectivity index (χ1v) is 5.94. The van der Waals surface area contributed by atoms with Crippen molar-refractivity contribution in [3.63, 3.8) is 0 Å². The van der Waals surface area contributed by atoms with E-state index in [1.807, 2.05) is 0 Å². The first kappa shape index (κ1) is 12.2. The molecule has 2 aromatic heterocycles. The molecule has 0 bridgehead atoms. The molecule has 8 heteroatoms. The number of hydrogen-bond donors (Lipinski definition) is 3. The summed E-state index contributed by atoms with van der Waals surface area (Å²) in [6.45, 7) is -0.944. The van der Waals surface area contributed by atoms with Crippen molar-refractivity contribution in [3.8, 4) is 0 Å². The summed E-state index contributed by atoms with van der Waals surface area (Å²) in [7, 11) is 0. The highest BCUT2D eigenvalue weighted by Gasteiger charge is 2.55. The van der Waals surface area contributed by atoms with Gasteiger partial charge in [0.2, 0.25) is 0 Å². The summed E-state index contributed by atoms with van der Waals surface area (Å²) in [5.74, 6) is -0.414. The molecule has 2 aromatic rings. The number of halogens is 1. The normalized spacial score (nSPS) is 30.5. The second-order valence-corrected chi connectivity index (χ2v) is 4.84. The first-order chi connectivity index (χ1) is 9.10. The van der Waals surface area contributed by atoms with Crippen molar-refractivity contribution < 1.29 is 14.6 Å². The van der Waals surface area contributed by atoms with Gasteiger partial charge in [-0.25, -0.2) is 19.3 Å². The standard InChI is InChI=1S/C11H14FN5O2/c12-11(3-19)1-7(6(11)2-18)17-5-16-8-9(13)14-4-15-10(8)17/h4-7,18-19H,1-3H2,(H2,13,14,15). The van der Waals surface area contributed by atoms with Gasteiger partial charge in [-0.15, -0.1) is 0 Å². The topological polar surface area (TPSA) is 110 Å². The van der Waals surface area contributed by atoms with E-state index in [2.05, 4.69) is 15.0 Å². The van der Waals surface area contributed by atoms with E-state index in [0.29, 0.717) is 11.2 Å². The van der Waals surface area contributed by atoms with E-state index in [0.717, 1.165) is 0 Å². The molecule has 0 aliphatic heterocycles. The Morgan fingerprint density at radius 3 is 2.89 bits per heavy atom. The van der Waals surface area contributed by atoms with Gasteiger partial charge in [0.15, 0.2) is 11.5 Å². The molecule has 1 aliphatic carbocycles. The number of alkyl halides is 1. The van der Waals surface area contributed by atoms with Gasteiger partial charge in [-0.1, -0.05) is 0 Å². The number of imidazole rings is 1. The SMILES string of the molecule is Nc1ncnc2c1ncn2C1CC(F)(CO)C1CO. The smallest absolute Gasteiger partial charge is 0.165 e. The van der Waals surface area contributed by atoms with Gasteiger partial charge in [0.25, 0.3) is 0 Å². The van der Waals surface area contributed by atoms with Crippen molar-refractivity contribution in [1.82, 2.24) is 19.5 Å². The molecule has 19 heavy (non-hydrogen) atoms. The lowest BCUT2D eigenvalue weighted by molar-refractivity contribution is -0.116. The minimum absolute atomic E-state index is 0.115. The minimum atomic E-state index is -1.74. The Kier molecular flexibility index (Phi) is 2.64. The predicted octanol–water partition coefficient (Wildman–Crippen LogP) is -0.338. The molecule has 1 fully saturated rings. The molecule has 0 saturated heterocycles. The molecular formula is C11H14FN5O2. The highest BCUT2D eigenvalue weighted by atomic mass is 19.1. The number of nitrogen functional groups attached to an aromatic ring is 1. The molecule has 1 aliphatic rings. The molecule has 0 aromatic carbocycles. The van der Waals surface area contributed by atoms with Gasteiger partial charge >= 0.3 is 0 Å². The van der Waals surface area contributed by atoms with Crippen LogP contribution in [0.5, 0.6) is 0 Å². The minimum Gasteiger partial charge on any atom is -0.396 e. The predicted molar refractivity (Wildman–Crippen MR) is 64.9 cm³/mol. The molecule has 4 N–H and O–H groups in total. The van der Waals surface area contributed by atoms with Crippen LogP contribution in [0, 0.1) is 5.92 Å². The van der Waals surface area contributed by atoms with Crippen LogP contribution < -0.4 is 5.73 Å². The Balaban J connectivity index is 2.00. The maximum atomic E-state index is 14.1. The maximum Gasteiger partial charge on any atom is 0.165 e. The summed E-state index contributed by atoms with van der Waals surface area (Å²) in [5, 5.41) is 18.4. The summed E-state index contributed by atoms with van der Waals surface area (Å²) in [4.78, 5) is 12.0. The van der Waals surface area contributed by atoms with Crippen LogP contribution in [0.25, 0.3) is 11.2 Å². The Morgan fingerprint density at radius 1 is 1.42 bits per heavy atom. The number of fused-ring (bicyclic) bond motifs is 1. The van der Waals surface area contributed by atoms with E-state index in [-0.39, 0.29) is 24.9 Å². The number of nitrogens with two attached hydrogens (primary N) is 1. The van der Waals surface area contributed by atoms with Crippen molar-refractivity contribution in [2.24, 2.45) is 5.92 Å². The number of aliphatic hydroxyl groups is 2. The van der Waals surface area contributed by atoms with Crippen LogP contribution in [0.4, 0.5) is 10.2 Å². The number of nitrogens with zero attached hydrogens (tertiary/aromatic N) is 4. The molecule has 3 unspecified atom stereocenters. The molecule has 0 radical (unpaired) electrons. The number of rotatable bonds is 3. The van der Waals surface area contributed by atoms with Crippen molar-refractivity contribution >= 4 is 17.0 Å². The molecule has 3 atom stereocenters. The van der Waals surface area contributed by atoms with Gasteiger partial charge < -0.3 is 20.5 Å². The molecule has 102 valence electrons. The van der Waals surface area contributed by atoms with E-state index in [1.165, 1.54) is 12.7 Å². The highest BCUT2D eigenvalue weighted by Crippen LogP contribution is 2.50. The molecular weight excluding hydrogens is 253 g/mol. The average Bonchev–Trinajstić information content (AvgIpc) is 2.81. The third-order valence-corrected chi connectivity index (χ3v) is 3.88. The van der Waals surface area contributed by atoms with Crippen molar-refractivity contribution in [2.45, 2.75) is 18.1 Å². The number of aliphatic hydroxyl groups excluding tert-OH is 2. The lowest BCUT2D eigenvalue weighted by Gasteiger charge is -2.48. The summed E-state index contributed by atoms with van der Waals surface area (Å²) in [5.41, 5.74) is 4.91. The van der Waals surface area contributed by atoms with Crippen LogP contribution >= 0.6 is 0 Å². The lowest BCUT2D eigenvalue weighted by Crippen LogP contribution is -2.55. The zero-order valence-electron chi connectivity index (χ0n) is 10.1. The van der Waals surface area contributed by atoms with Crippen LogP contribution in [0.15, 0.2) is 12.7 Å². The number of hydrogen-bond acceptors (Lipinski definition) is 6. The maximum absolute atomic E-state index is 14.1. The fourth-order valence-corrected chi connectivity index (χ4v) is 2.70. The highest BCUT2D eigenvalue weighted by molar-refractivity contribution is 5.81. The fourth-order valence-electron chi connectivity index (χ4n) is 2.70. The van der Waals surface area contributed by atoms with Gasteiger partial charge in [-0.2, -0.15) is 0 Å². The Bertz CT molecular complexity index is 618. The molecule has 7 nitrogen and oxygen atoms in total. The van der Waals surface area contributed by atoms with Gasteiger partial charge in [-0.05, 0) is 0 Å². The van der Waals surface area contributed by atoms with Crippen molar-refractivity contribution in [3.05, 3.63) is 12.7 Å². The van der Waals surface area contributed by atoms with Crippen LogP contribution in [0.2, 0.25) is 0 Å². The Hall–Kier alpha value is -1.80. The zero-order valence-corrected chi connectivity index (χ0v) is 10.1.